The number of hydrogen-bond acceptors (Lipinski definition) is 4. The maximum absolute atomic E-state index is 12.3. The first-order valence-corrected chi connectivity index (χ1v) is 7.67. The fourth-order valence-electron chi connectivity index (χ4n) is 1.70. The Morgan fingerprint density at radius 3 is 2.50 bits per heavy atom. The van der Waals surface area contributed by atoms with Gasteiger partial charge in [0.1, 0.15) is 10.7 Å². The van der Waals surface area contributed by atoms with Crippen LogP contribution in [0.25, 0.3) is 0 Å². The topological polar surface area (TPSA) is 85.1 Å². The minimum Gasteiger partial charge on any atom is -0.398 e. The Labute approximate surface area is 122 Å². The lowest BCUT2D eigenvalue weighted by molar-refractivity contribution is 0.601. The second-order valence-electron chi connectivity index (χ2n) is 4.44. The van der Waals surface area contributed by atoms with Gasteiger partial charge in [-0.3, -0.25) is 4.72 Å². The lowest BCUT2D eigenvalue weighted by Gasteiger charge is -2.12. The Kier molecular flexibility index (Phi) is 3.87. The van der Waals surface area contributed by atoms with Crippen LogP contribution in [0, 0.1) is 13.8 Å². The third-order valence-corrected chi connectivity index (χ3v) is 4.52. The number of hydrogen-bond donors (Lipinski definition) is 2. The number of nitrogens with one attached hydrogen (secondary N) is 1. The summed E-state index contributed by atoms with van der Waals surface area (Å²) in [6, 6.07) is 6.16. The third-order valence-electron chi connectivity index (χ3n) is 2.88. The van der Waals surface area contributed by atoms with Crippen molar-refractivity contribution in [3.8, 4) is 0 Å². The minimum atomic E-state index is -3.80. The van der Waals surface area contributed by atoms with Crippen molar-refractivity contribution in [3.05, 3.63) is 46.6 Å². The largest absolute Gasteiger partial charge is 0.398 e. The Hall–Kier alpha value is -1.79. The number of nitrogens with two attached hydrogens (primary N) is 1. The summed E-state index contributed by atoms with van der Waals surface area (Å²) < 4.78 is 27.0. The Morgan fingerprint density at radius 2 is 1.85 bits per heavy atom. The molecule has 3 N–H and O–H groups in total. The smallest absolute Gasteiger partial charge is 0.265 e. The minimum absolute atomic E-state index is 0.0300. The molecule has 2 aromatic rings. The first-order chi connectivity index (χ1) is 9.29. The van der Waals surface area contributed by atoms with Crippen LogP contribution in [-0.2, 0) is 10.0 Å². The summed E-state index contributed by atoms with van der Waals surface area (Å²) in [4.78, 5) is 3.93. The Morgan fingerprint density at radius 1 is 1.20 bits per heavy atom. The van der Waals surface area contributed by atoms with Gasteiger partial charge in [0, 0.05) is 17.3 Å². The van der Waals surface area contributed by atoms with E-state index in [0.717, 1.165) is 11.1 Å². The number of pyridine rings is 1. The zero-order valence-electron chi connectivity index (χ0n) is 11.0. The van der Waals surface area contributed by atoms with Gasteiger partial charge in [0.05, 0.1) is 5.69 Å². The van der Waals surface area contributed by atoms with Crippen LogP contribution in [0.3, 0.4) is 0 Å². The summed E-state index contributed by atoms with van der Waals surface area (Å²) in [6.07, 6.45) is 1.42. The predicted molar refractivity (Wildman–Crippen MR) is 80.4 cm³/mol. The summed E-state index contributed by atoms with van der Waals surface area (Å²) in [5, 5.41) is 0.394. The fourth-order valence-corrected chi connectivity index (χ4v) is 3.06. The van der Waals surface area contributed by atoms with Crippen molar-refractivity contribution in [1.82, 2.24) is 4.98 Å². The van der Waals surface area contributed by atoms with E-state index in [0.29, 0.717) is 5.02 Å². The molecule has 0 radical (unpaired) electrons. The second-order valence-corrected chi connectivity index (χ2v) is 6.53. The molecule has 0 fully saturated rings. The number of anilines is 2. The molecule has 0 spiro atoms. The van der Waals surface area contributed by atoms with Gasteiger partial charge in [-0.25, -0.2) is 13.4 Å². The average Bonchev–Trinajstić information content (AvgIpc) is 2.33. The monoisotopic (exact) mass is 311 g/mol. The number of benzene rings is 1. The zero-order chi connectivity index (χ0) is 14.9. The van der Waals surface area contributed by atoms with Crippen molar-refractivity contribution in [2.45, 2.75) is 18.7 Å². The molecule has 0 aliphatic rings. The molecule has 1 aromatic heterocycles. The molecule has 5 nitrogen and oxygen atoms in total. The van der Waals surface area contributed by atoms with Gasteiger partial charge >= 0.3 is 0 Å². The highest BCUT2D eigenvalue weighted by molar-refractivity contribution is 7.92. The summed E-state index contributed by atoms with van der Waals surface area (Å²) in [7, 11) is -3.80. The summed E-state index contributed by atoms with van der Waals surface area (Å²) in [5.74, 6) is 0.148. The van der Waals surface area contributed by atoms with Crippen LogP contribution >= 0.6 is 11.6 Å². The highest BCUT2D eigenvalue weighted by atomic mass is 35.5. The zero-order valence-corrected chi connectivity index (χ0v) is 12.6. The number of aromatic nitrogens is 1. The van der Waals surface area contributed by atoms with Crippen molar-refractivity contribution in [3.63, 3.8) is 0 Å². The van der Waals surface area contributed by atoms with Gasteiger partial charge in [-0.2, -0.15) is 0 Å². The van der Waals surface area contributed by atoms with Crippen molar-refractivity contribution in [2.24, 2.45) is 0 Å². The van der Waals surface area contributed by atoms with E-state index in [-0.39, 0.29) is 16.4 Å². The molecule has 0 amide bonds. The molecule has 0 saturated heterocycles. The van der Waals surface area contributed by atoms with E-state index >= 15 is 0 Å². The molecule has 106 valence electrons. The van der Waals surface area contributed by atoms with Gasteiger partial charge in [0.25, 0.3) is 10.0 Å². The van der Waals surface area contributed by atoms with Crippen LogP contribution in [0.2, 0.25) is 5.02 Å². The van der Waals surface area contributed by atoms with E-state index in [9.17, 15) is 8.42 Å². The molecule has 0 saturated carbocycles. The van der Waals surface area contributed by atoms with Gasteiger partial charge in [-0.15, -0.1) is 0 Å². The van der Waals surface area contributed by atoms with Crippen molar-refractivity contribution >= 4 is 33.1 Å². The molecular weight excluding hydrogens is 298 g/mol. The normalized spacial score (nSPS) is 11.3. The van der Waals surface area contributed by atoms with E-state index in [1.54, 1.807) is 12.1 Å². The van der Waals surface area contributed by atoms with Gasteiger partial charge in [-0.1, -0.05) is 11.6 Å². The summed E-state index contributed by atoms with van der Waals surface area (Å²) in [5.41, 5.74) is 7.77. The van der Waals surface area contributed by atoms with Crippen molar-refractivity contribution in [2.75, 3.05) is 10.5 Å². The van der Waals surface area contributed by atoms with Gasteiger partial charge in [-0.05, 0) is 43.2 Å². The lowest BCUT2D eigenvalue weighted by atomic mass is 10.1. The van der Waals surface area contributed by atoms with Crippen LogP contribution in [0.5, 0.6) is 0 Å². The Balaban J connectivity index is 2.43. The first kappa shape index (κ1) is 14.6. The molecule has 7 heteroatoms. The average molecular weight is 312 g/mol. The fraction of sp³-hybridized carbons (Fsp3) is 0.154. The van der Waals surface area contributed by atoms with Crippen LogP contribution in [-0.4, -0.2) is 13.4 Å². The van der Waals surface area contributed by atoms with Crippen molar-refractivity contribution < 1.29 is 8.42 Å². The van der Waals surface area contributed by atoms with Crippen LogP contribution in [0.1, 0.15) is 11.1 Å². The van der Waals surface area contributed by atoms with Crippen LogP contribution in [0.4, 0.5) is 11.5 Å². The van der Waals surface area contributed by atoms with Gasteiger partial charge in [0.15, 0.2) is 0 Å². The van der Waals surface area contributed by atoms with E-state index in [4.69, 9.17) is 17.3 Å². The molecule has 0 aliphatic heterocycles. The highest BCUT2D eigenvalue weighted by Crippen LogP contribution is 2.25. The van der Waals surface area contributed by atoms with Gasteiger partial charge < -0.3 is 5.73 Å². The lowest BCUT2D eigenvalue weighted by Crippen LogP contribution is -2.16. The quantitative estimate of drug-likeness (QED) is 0.853. The van der Waals surface area contributed by atoms with E-state index in [1.165, 1.54) is 18.3 Å². The van der Waals surface area contributed by atoms with E-state index in [2.05, 4.69) is 9.71 Å². The maximum Gasteiger partial charge on any atom is 0.265 e. The van der Waals surface area contributed by atoms with Gasteiger partial charge in [0.2, 0.25) is 0 Å². The predicted octanol–water partition coefficient (Wildman–Crippen LogP) is 2.73. The molecule has 0 aliphatic carbocycles. The number of nitrogen functional groups attached to an aromatic ring is 1. The molecule has 1 heterocycles. The molecule has 0 unspecified atom stereocenters. The second kappa shape index (κ2) is 5.30. The van der Waals surface area contributed by atoms with Crippen LogP contribution in [0.15, 0.2) is 35.4 Å². The molecular formula is C13H14ClN3O2S. The molecule has 0 atom stereocenters. The van der Waals surface area contributed by atoms with E-state index in [1.807, 2.05) is 13.8 Å². The molecule has 1 aromatic carbocycles. The number of sulfonamides is 1. The summed E-state index contributed by atoms with van der Waals surface area (Å²) in [6.45, 7) is 3.69. The maximum atomic E-state index is 12.3. The van der Waals surface area contributed by atoms with Crippen molar-refractivity contribution in [1.29, 1.82) is 0 Å². The number of aryl methyl sites for hydroxylation is 2. The SMILES string of the molecule is Cc1cc(N)c(S(=O)(=O)Nc2cc(Cl)ccn2)cc1C. The standard InChI is InChI=1S/C13H14ClN3O2S/c1-8-5-11(15)12(6-9(8)2)20(18,19)17-13-7-10(14)3-4-16-13/h3-7H,15H2,1-2H3,(H,16,17). The van der Waals surface area contributed by atoms with E-state index < -0.39 is 10.0 Å². The number of halogens is 1. The third kappa shape index (κ3) is 3.02. The summed E-state index contributed by atoms with van der Waals surface area (Å²) >= 11 is 5.80. The first-order valence-electron chi connectivity index (χ1n) is 5.81. The molecule has 2 rings (SSSR count). The number of nitrogens with zero attached hydrogens (tertiary/aromatic N) is 1. The highest BCUT2D eigenvalue weighted by Gasteiger charge is 2.19. The number of rotatable bonds is 3. The Bertz CT molecular complexity index is 760. The van der Waals surface area contributed by atoms with Crippen LogP contribution < -0.4 is 10.5 Å². The molecule has 0 bridgehead atoms. The molecule has 20 heavy (non-hydrogen) atoms.